The molecule has 1 amide bonds. The Bertz CT molecular complexity index is 782. The maximum Gasteiger partial charge on any atom is 0.220 e. The highest BCUT2D eigenvalue weighted by Crippen LogP contribution is 2.33. The Hall–Kier alpha value is -2.03. The van der Waals surface area contributed by atoms with Gasteiger partial charge in [0.25, 0.3) is 0 Å². The predicted molar refractivity (Wildman–Crippen MR) is 128 cm³/mol. The molecule has 1 N–H and O–H groups in total. The predicted octanol–water partition coefficient (Wildman–Crippen LogP) is 7.06. The fourth-order valence-corrected chi connectivity index (χ4v) is 4.09. The molecule has 2 rings (SSSR count). The van der Waals surface area contributed by atoms with Crippen LogP contribution in [0, 0.1) is 5.41 Å². The van der Waals surface area contributed by atoms with Gasteiger partial charge in [-0.2, -0.15) is 0 Å². The molecule has 3 heteroatoms. The second kappa shape index (κ2) is 12.6. The molecule has 0 spiro atoms. The molecule has 0 fully saturated rings. The third-order valence-corrected chi connectivity index (χ3v) is 5.86. The fourth-order valence-electron chi connectivity index (χ4n) is 4.09. The van der Waals surface area contributed by atoms with Crippen molar-refractivity contribution in [1.82, 2.24) is 5.32 Å². The first-order valence-corrected chi connectivity index (χ1v) is 11.8. The molecule has 0 saturated carbocycles. The van der Waals surface area contributed by atoms with Gasteiger partial charge < -0.3 is 10.1 Å². The summed E-state index contributed by atoms with van der Waals surface area (Å²) in [6.45, 7) is 7.34. The average molecular weight is 412 g/mol. The Kier molecular flexibility index (Phi) is 10.2. The second-order valence-corrected chi connectivity index (χ2v) is 9.32. The Morgan fingerprint density at radius 1 is 0.933 bits per heavy atom. The van der Waals surface area contributed by atoms with E-state index in [1.165, 1.54) is 49.5 Å². The van der Waals surface area contributed by atoms with Crippen molar-refractivity contribution < 1.29 is 9.53 Å². The molecule has 0 aliphatic heterocycles. The van der Waals surface area contributed by atoms with Crippen LogP contribution in [0.1, 0.15) is 84.1 Å². The van der Waals surface area contributed by atoms with Crippen molar-refractivity contribution in [1.29, 1.82) is 0 Å². The van der Waals surface area contributed by atoms with Gasteiger partial charge in [-0.25, -0.2) is 0 Å². The summed E-state index contributed by atoms with van der Waals surface area (Å²) in [5.41, 5.74) is 1.16. The van der Waals surface area contributed by atoms with Crippen molar-refractivity contribution in [3.63, 3.8) is 0 Å². The largest absolute Gasteiger partial charge is 0.496 e. The number of nitrogens with one attached hydrogen (secondary N) is 1. The van der Waals surface area contributed by atoms with Crippen LogP contribution in [0.2, 0.25) is 0 Å². The van der Waals surface area contributed by atoms with Gasteiger partial charge in [0, 0.05) is 18.4 Å². The van der Waals surface area contributed by atoms with E-state index < -0.39 is 0 Å². The van der Waals surface area contributed by atoms with E-state index in [0.29, 0.717) is 13.0 Å². The van der Waals surface area contributed by atoms with E-state index in [2.05, 4.69) is 50.4 Å². The Morgan fingerprint density at radius 2 is 1.60 bits per heavy atom. The number of benzene rings is 2. The summed E-state index contributed by atoms with van der Waals surface area (Å²) in [5.74, 6) is 1.13. The van der Waals surface area contributed by atoms with Crippen molar-refractivity contribution in [2.45, 2.75) is 85.0 Å². The zero-order valence-electron chi connectivity index (χ0n) is 19.6. The molecule has 0 heterocycles. The Morgan fingerprint density at radius 3 is 2.30 bits per heavy atom. The van der Waals surface area contributed by atoms with Gasteiger partial charge in [-0.3, -0.25) is 4.79 Å². The highest BCUT2D eigenvalue weighted by atomic mass is 16.5. The van der Waals surface area contributed by atoms with Gasteiger partial charge in [-0.1, -0.05) is 102 Å². The molecule has 2 aromatic rings. The number of hydrogen-bond donors (Lipinski definition) is 1. The molecule has 0 radical (unpaired) electrons. The zero-order valence-corrected chi connectivity index (χ0v) is 19.6. The first kappa shape index (κ1) is 24.2. The van der Waals surface area contributed by atoms with E-state index in [-0.39, 0.29) is 11.3 Å². The molecule has 0 unspecified atom stereocenters. The molecule has 0 saturated heterocycles. The lowest BCUT2D eigenvalue weighted by Gasteiger charge is -2.26. The molecule has 0 bridgehead atoms. The SMILES string of the molecule is CCCCCCCCCCC(=O)NCC(C)(C)Cc1ccc2ccccc2c1OC. The molecular weight excluding hydrogens is 370 g/mol. The molecule has 0 atom stereocenters. The third kappa shape index (κ3) is 8.01. The number of rotatable bonds is 14. The Balaban J connectivity index is 1.76. The van der Waals surface area contributed by atoms with Gasteiger partial charge in [-0.15, -0.1) is 0 Å². The number of carbonyl (C=O) groups is 1. The van der Waals surface area contributed by atoms with E-state index in [0.717, 1.165) is 30.4 Å². The number of unbranched alkanes of at least 4 members (excludes halogenated alkanes) is 7. The van der Waals surface area contributed by atoms with E-state index in [1.54, 1.807) is 7.11 Å². The zero-order chi connectivity index (χ0) is 21.8. The lowest BCUT2D eigenvalue weighted by molar-refractivity contribution is -0.121. The lowest BCUT2D eigenvalue weighted by Crippen LogP contribution is -2.35. The van der Waals surface area contributed by atoms with E-state index in [4.69, 9.17) is 4.74 Å². The number of ether oxygens (including phenoxy) is 1. The van der Waals surface area contributed by atoms with Gasteiger partial charge in [0.05, 0.1) is 7.11 Å². The van der Waals surface area contributed by atoms with Crippen LogP contribution in [0.25, 0.3) is 10.8 Å². The lowest BCUT2D eigenvalue weighted by atomic mass is 9.84. The number of carbonyl (C=O) groups excluding carboxylic acids is 1. The van der Waals surface area contributed by atoms with E-state index in [9.17, 15) is 4.79 Å². The van der Waals surface area contributed by atoms with Gasteiger partial charge in [0.1, 0.15) is 5.75 Å². The summed E-state index contributed by atoms with van der Waals surface area (Å²) in [4.78, 5) is 12.3. The van der Waals surface area contributed by atoms with Crippen LogP contribution < -0.4 is 10.1 Å². The summed E-state index contributed by atoms with van der Waals surface area (Å²) in [5, 5.41) is 5.49. The van der Waals surface area contributed by atoms with Gasteiger partial charge >= 0.3 is 0 Å². The smallest absolute Gasteiger partial charge is 0.220 e. The number of methoxy groups -OCH3 is 1. The summed E-state index contributed by atoms with van der Waals surface area (Å²) < 4.78 is 5.75. The summed E-state index contributed by atoms with van der Waals surface area (Å²) in [7, 11) is 1.74. The van der Waals surface area contributed by atoms with Crippen molar-refractivity contribution in [2.75, 3.05) is 13.7 Å². The monoisotopic (exact) mass is 411 g/mol. The molecule has 0 aliphatic carbocycles. The van der Waals surface area contributed by atoms with Crippen LogP contribution in [0.4, 0.5) is 0 Å². The topological polar surface area (TPSA) is 38.3 Å². The van der Waals surface area contributed by atoms with E-state index >= 15 is 0 Å². The fraction of sp³-hybridized carbons (Fsp3) is 0.593. The minimum Gasteiger partial charge on any atom is -0.496 e. The highest BCUT2D eigenvalue weighted by Gasteiger charge is 2.22. The van der Waals surface area contributed by atoms with Crippen molar-refractivity contribution in [3.05, 3.63) is 42.0 Å². The van der Waals surface area contributed by atoms with E-state index in [1.807, 2.05) is 12.1 Å². The Labute approximate surface area is 183 Å². The van der Waals surface area contributed by atoms with Crippen molar-refractivity contribution >= 4 is 16.7 Å². The molecule has 0 aromatic heterocycles. The first-order valence-electron chi connectivity index (χ1n) is 11.8. The summed E-state index contributed by atoms with van der Waals surface area (Å²) in [6, 6.07) is 12.6. The molecule has 0 aliphatic rings. The van der Waals surface area contributed by atoms with Crippen LogP contribution in [-0.2, 0) is 11.2 Å². The molecule has 2 aromatic carbocycles. The molecule has 30 heavy (non-hydrogen) atoms. The van der Waals surface area contributed by atoms with Crippen LogP contribution in [0.5, 0.6) is 5.75 Å². The maximum atomic E-state index is 12.3. The van der Waals surface area contributed by atoms with Gasteiger partial charge in [-0.05, 0) is 29.2 Å². The molecule has 166 valence electrons. The highest BCUT2D eigenvalue weighted by molar-refractivity contribution is 5.89. The van der Waals surface area contributed by atoms with Crippen LogP contribution in [-0.4, -0.2) is 19.6 Å². The van der Waals surface area contributed by atoms with Crippen LogP contribution >= 0.6 is 0 Å². The number of amides is 1. The normalized spacial score (nSPS) is 11.6. The maximum absolute atomic E-state index is 12.3. The first-order chi connectivity index (χ1) is 14.5. The quantitative estimate of drug-likeness (QED) is 0.338. The van der Waals surface area contributed by atoms with Crippen LogP contribution in [0.15, 0.2) is 36.4 Å². The minimum atomic E-state index is -0.0370. The number of hydrogen-bond acceptors (Lipinski definition) is 2. The second-order valence-electron chi connectivity index (χ2n) is 9.32. The number of fused-ring (bicyclic) bond motifs is 1. The standard InChI is InChI=1S/C27H41NO2/c1-5-6-7-8-9-10-11-12-17-25(29)28-21-27(2,3)20-23-19-18-22-15-13-14-16-24(22)26(23)30-4/h13-16,18-19H,5-12,17,20-21H2,1-4H3,(H,28,29). The van der Waals surface area contributed by atoms with Crippen molar-refractivity contribution in [3.8, 4) is 5.75 Å². The van der Waals surface area contributed by atoms with Gasteiger partial charge in [0.2, 0.25) is 5.91 Å². The minimum absolute atomic E-state index is 0.0370. The van der Waals surface area contributed by atoms with Gasteiger partial charge in [0.15, 0.2) is 0 Å². The molecule has 3 nitrogen and oxygen atoms in total. The van der Waals surface area contributed by atoms with Crippen molar-refractivity contribution in [2.24, 2.45) is 5.41 Å². The third-order valence-electron chi connectivity index (χ3n) is 5.86. The van der Waals surface area contributed by atoms with Crippen LogP contribution in [0.3, 0.4) is 0 Å². The average Bonchev–Trinajstić information content (AvgIpc) is 2.74. The molecular formula is C27H41NO2. The summed E-state index contributed by atoms with van der Waals surface area (Å²) >= 11 is 0. The summed E-state index contributed by atoms with van der Waals surface area (Å²) in [6.07, 6.45) is 11.6.